The Morgan fingerprint density at radius 1 is 0.966 bits per heavy atom. The van der Waals surface area contributed by atoms with Crippen molar-refractivity contribution in [3.8, 4) is 0 Å². The van der Waals surface area contributed by atoms with Crippen molar-refractivity contribution in [1.82, 2.24) is 0 Å². The number of halogens is 1. The number of alkyl halides is 1. The van der Waals surface area contributed by atoms with Crippen LogP contribution in [-0.4, -0.2) is 17.1 Å². The van der Waals surface area contributed by atoms with E-state index in [4.69, 9.17) is 16.3 Å². The van der Waals surface area contributed by atoms with E-state index in [-0.39, 0.29) is 5.60 Å². The molecule has 2 heteroatoms. The number of hydrogen-bond donors (Lipinski definition) is 0. The summed E-state index contributed by atoms with van der Waals surface area (Å²) in [5.74, 6) is 5.47. The maximum atomic E-state index is 6.64. The Labute approximate surface area is 185 Å². The van der Waals surface area contributed by atoms with Crippen molar-refractivity contribution in [1.29, 1.82) is 0 Å². The van der Waals surface area contributed by atoms with E-state index in [1.807, 2.05) is 0 Å². The van der Waals surface area contributed by atoms with Gasteiger partial charge in [-0.05, 0) is 92.3 Å². The molecule has 0 aromatic carbocycles. The smallest absolute Gasteiger partial charge is 0.102 e. The lowest BCUT2D eigenvalue weighted by Crippen LogP contribution is -2.58. The molecule has 166 valence electrons. The summed E-state index contributed by atoms with van der Waals surface area (Å²) >= 11 is 6.64. The van der Waals surface area contributed by atoms with E-state index in [9.17, 15) is 0 Å². The fourth-order valence-corrected chi connectivity index (χ4v) is 9.99. The minimum Gasteiger partial charge on any atom is -0.365 e. The average molecular weight is 421 g/mol. The van der Waals surface area contributed by atoms with E-state index in [0.717, 1.165) is 41.9 Å². The molecule has 4 saturated carbocycles. The molecule has 0 aromatic rings. The van der Waals surface area contributed by atoms with Crippen molar-refractivity contribution in [3.63, 3.8) is 0 Å². The predicted molar refractivity (Wildman–Crippen MR) is 122 cm³/mol. The molecule has 1 saturated heterocycles. The highest BCUT2D eigenvalue weighted by Crippen LogP contribution is 2.74. The first kappa shape index (κ1) is 21.1. The van der Waals surface area contributed by atoms with Crippen LogP contribution in [0.3, 0.4) is 0 Å². The third-order valence-electron chi connectivity index (χ3n) is 11.2. The number of ether oxygens (including phenoxy) is 1. The van der Waals surface area contributed by atoms with Crippen LogP contribution in [0, 0.1) is 46.3 Å². The van der Waals surface area contributed by atoms with Gasteiger partial charge in [0, 0.05) is 10.8 Å². The van der Waals surface area contributed by atoms with Crippen molar-refractivity contribution in [2.75, 3.05) is 0 Å². The summed E-state index contributed by atoms with van der Waals surface area (Å²) in [6, 6.07) is 0. The lowest BCUT2D eigenvalue weighted by Gasteiger charge is -2.59. The molecule has 5 fully saturated rings. The van der Waals surface area contributed by atoms with E-state index < -0.39 is 0 Å². The molecule has 1 nitrogen and oxygen atoms in total. The van der Waals surface area contributed by atoms with Crippen molar-refractivity contribution in [2.24, 2.45) is 46.3 Å². The third-order valence-corrected chi connectivity index (χ3v) is 11.6. The zero-order chi connectivity index (χ0) is 20.6. The van der Waals surface area contributed by atoms with Gasteiger partial charge in [-0.1, -0.05) is 53.9 Å². The maximum Gasteiger partial charge on any atom is 0.102 e. The van der Waals surface area contributed by atoms with E-state index in [0.29, 0.717) is 22.3 Å². The van der Waals surface area contributed by atoms with Crippen LogP contribution < -0.4 is 0 Å². The van der Waals surface area contributed by atoms with Gasteiger partial charge in [0.1, 0.15) is 5.60 Å². The summed E-state index contributed by atoms with van der Waals surface area (Å²) in [5.41, 5.74) is 1.15. The number of epoxide rings is 1. The molecular formula is C27H45ClO. The van der Waals surface area contributed by atoms with Crippen LogP contribution in [0.2, 0.25) is 0 Å². The second-order valence-corrected chi connectivity index (χ2v) is 13.5. The average Bonchev–Trinajstić information content (AvgIpc) is 3.22. The van der Waals surface area contributed by atoms with E-state index >= 15 is 0 Å². The minimum atomic E-state index is 0.161. The van der Waals surface area contributed by atoms with Crippen molar-refractivity contribution >= 4 is 11.6 Å². The first-order valence-electron chi connectivity index (χ1n) is 13.0. The van der Waals surface area contributed by atoms with Gasteiger partial charge < -0.3 is 4.74 Å². The Bertz CT molecular complexity index is 632. The molecule has 4 aliphatic carbocycles. The molecule has 29 heavy (non-hydrogen) atoms. The molecule has 0 aromatic heterocycles. The van der Waals surface area contributed by atoms with E-state index in [2.05, 4.69) is 34.6 Å². The highest BCUT2D eigenvalue weighted by atomic mass is 35.5. The SMILES string of the molecule is CC(C)CCC[C@@H](C)[C@@H]1CC[C@@H]2[C@@H]3C[C@@H]4O[C@@]45C[C@H](Cl)CC[C@]5(C)[C@@H]3CC[C@]21C. The molecule has 0 bridgehead atoms. The maximum absolute atomic E-state index is 6.64. The zero-order valence-electron chi connectivity index (χ0n) is 19.7. The molecular weight excluding hydrogens is 376 g/mol. The molecule has 1 heterocycles. The van der Waals surface area contributed by atoms with E-state index in [1.165, 1.54) is 64.2 Å². The van der Waals surface area contributed by atoms with Gasteiger partial charge in [-0.25, -0.2) is 0 Å². The molecule has 5 aliphatic rings. The molecule has 0 N–H and O–H groups in total. The van der Waals surface area contributed by atoms with Gasteiger partial charge in [0.05, 0.1) is 6.10 Å². The molecule has 0 unspecified atom stereocenters. The van der Waals surface area contributed by atoms with Crippen LogP contribution in [0.4, 0.5) is 0 Å². The van der Waals surface area contributed by atoms with Crippen LogP contribution in [-0.2, 0) is 4.74 Å². The summed E-state index contributed by atoms with van der Waals surface area (Å²) in [6.45, 7) is 12.7. The van der Waals surface area contributed by atoms with Crippen LogP contribution in [0.1, 0.15) is 105 Å². The van der Waals surface area contributed by atoms with Gasteiger partial charge in [0.15, 0.2) is 0 Å². The molecule has 10 atom stereocenters. The lowest BCUT2D eigenvalue weighted by atomic mass is 9.44. The Balaban J connectivity index is 1.33. The van der Waals surface area contributed by atoms with Crippen LogP contribution in [0.15, 0.2) is 0 Å². The van der Waals surface area contributed by atoms with E-state index in [1.54, 1.807) is 0 Å². The third kappa shape index (κ3) is 3.02. The second kappa shape index (κ2) is 7.13. The van der Waals surface area contributed by atoms with Gasteiger partial charge in [-0.2, -0.15) is 0 Å². The summed E-state index contributed by atoms with van der Waals surface area (Å²) < 4.78 is 6.58. The second-order valence-electron chi connectivity index (χ2n) is 12.9. The Kier molecular flexibility index (Phi) is 5.19. The molecule has 0 amide bonds. The zero-order valence-corrected chi connectivity index (χ0v) is 20.4. The normalized spacial score (nSPS) is 54.3. The van der Waals surface area contributed by atoms with Crippen LogP contribution >= 0.6 is 11.6 Å². The number of fused-ring (bicyclic) bond motifs is 4. The number of rotatable bonds is 5. The fraction of sp³-hybridized carbons (Fsp3) is 1.00. The first-order valence-corrected chi connectivity index (χ1v) is 13.5. The van der Waals surface area contributed by atoms with Gasteiger partial charge in [0.25, 0.3) is 0 Å². The van der Waals surface area contributed by atoms with Crippen molar-refractivity contribution in [3.05, 3.63) is 0 Å². The van der Waals surface area contributed by atoms with Crippen LogP contribution in [0.5, 0.6) is 0 Å². The highest BCUT2D eigenvalue weighted by molar-refractivity contribution is 6.20. The largest absolute Gasteiger partial charge is 0.365 e. The highest BCUT2D eigenvalue weighted by Gasteiger charge is 2.75. The standard InChI is InChI=1S/C27H45ClO/c1-17(2)7-6-8-18(3)21-9-10-22-20-15-24-27(29-24)16-19(28)11-14-26(27,5)23(20)12-13-25(21,22)4/h17-24H,6-16H2,1-5H3/t18-,19-,20+,21+,22-,23-,24+,25+,26-,27+/m1/s1. The molecule has 1 aliphatic heterocycles. The Morgan fingerprint density at radius 3 is 2.52 bits per heavy atom. The first-order chi connectivity index (χ1) is 13.7. The summed E-state index contributed by atoms with van der Waals surface area (Å²) in [6.07, 6.45) is 15.7. The van der Waals surface area contributed by atoms with Crippen molar-refractivity contribution in [2.45, 2.75) is 122 Å². The summed E-state index contributed by atoms with van der Waals surface area (Å²) in [5, 5.41) is 0.348. The predicted octanol–water partition coefficient (Wildman–Crippen LogP) is 7.85. The lowest BCUT2D eigenvalue weighted by molar-refractivity contribution is -0.0996. The van der Waals surface area contributed by atoms with Gasteiger partial charge in [-0.3, -0.25) is 0 Å². The molecule has 0 radical (unpaired) electrons. The quantitative estimate of drug-likeness (QED) is 0.325. The monoisotopic (exact) mass is 420 g/mol. The number of hydrogen-bond acceptors (Lipinski definition) is 1. The minimum absolute atomic E-state index is 0.161. The summed E-state index contributed by atoms with van der Waals surface area (Å²) in [7, 11) is 0. The fourth-order valence-electron chi connectivity index (χ4n) is 9.65. The Morgan fingerprint density at radius 2 is 1.76 bits per heavy atom. The van der Waals surface area contributed by atoms with Gasteiger partial charge >= 0.3 is 0 Å². The topological polar surface area (TPSA) is 12.5 Å². The molecule has 5 rings (SSSR count). The van der Waals surface area contributed by atoms with Crippen molar-refractivity contribution < 1.29 is 4.74 Å². The summed E-state index contributed by atoms with van der Waals surface area (Å²) in [4.78, 5) is 0. The Hall–Kier alpha value is 0.250. The van der Waals surface area contributed by atoms with Crippen LogP contribution in [0.25, 0.3) is 0 Å². The molecule has 1 spiro atoms. The van der Waals surface area contributed by atoms with Gasteiger partial charge in [0.2, 0.25) is 0 Å². The van der Waals surface area contributed by atoms with Gasteiger partial charge in [-0.15, -0.1) is 11.6 Å².